The van der Waals surface area contributed by atoms with E-state index in [1.54, 1.807) is 0 Å². The molecule has 0 fully saturated rings. The number of nitrogens with zero attached hydrogens (tertiary/aromatic N) is 2. The Hall–Kier alpha value is -2.95. The van der Waals surface area contributed by atoms with E-state index in [4.69, 9.17) is 4.52 Å². The first kappa shape index (κ1) is 18.4. The smallest absolute Gasteiger partial charge is 0.258 e. The van der Waals surface area contributed by atoms with Crippen molar-refractivity contribution in [2.24, 2.45) is 5.92 Å². The van der Waals surface area contributed by atoms with Crippen LogP contribution in [0.4, 0.5) is 5.69 Å². The average Bonchev–Trinajstić information content (AvgIpc) is 3.16. The Balaban J connectivity index is 1.56. The Labute approximate surface area is 165 Å². The second-order valence-electron chi connectivity index (χ2n) is 7.92. The van der Waals surface area contributed by atoms with Crippen LogP contribution in [0, 0.1) is 12.8 Å². The molecule has 0 atom stereocenters. The van der Waals surface area contributed by atoms with Gasteiger partial charge in [-0.15, -0.1) is 0 Å². The number of anilines is 1. The van der Waals surface area contributed by atoms with Gasteiger partial charge in [-0.25, -0.2) is 0 Å². The van der Waals surface area contributed by atoms with E-state index < -0.39 is 0 Å². The minimum atomic E-state index is 0.0642. The maximum absolute atomic E-state index is 11.5. The summed E-state index contributed by atoms with van der Waals surface area (Å²) >= 11 is 0. The van der Waals surface area contributed by atoms with Gasteiger partial charge in [-0.1, -0.05) is 25.1 Å². The Morgan fingerprint density at radius 3 is 2.71 bits per heavy atom. The van der Waals surface area contributed by atoms with Gasteiger partial charge in [0, 0.05) is 23.2 Å². The van der Waals surface area contributed by atoms with Crippen molar-refractivity contribution in [3.05, 3.63) is 53.1 Å². The summed E-state index contributed by atoms with van der Waals surface area (Å²) in [6, 6.07) is 12.2. The Bertz CT molecular complexity index is 1020. The number of aromatic nitrogens is 2. The Morgan fingerprint density at radius 2 is 1.93 bits per heavy atom. The van der Waals surface area contributed by atoms with Crippen LogP contribution in [-0.4, -0.2) is 16.0 Å². The summed E-state index contributed by atoms with van der Waals surface area (Å²) < 4.78 is 5.53. The lowest BCUT2D eigenvalue weighted by Crippen LogP contribution is -2.18. The van der Waals surface area contributed by atoms with Crippen LogP contribution in [0.1, 0.15) is 43.4 Å². The largest absolute Gasteiger partial charge is 0.334 e. The van der Waals surface area contributed by atoms with E-state index in [0.717, 1.165) is 35.2 Å². The third kappa shape index (κ3) is 3.84. The molecule has 1 N–H and O–H groups in total. The standard InChI is InChI=1S/C23H25N3O2/c1-14(2)4-5-16-6-7-19(12-15(16)3)23-25-22(26-28-23)18-8-10-20-17(13-18)9-11-21(27)24-20/h6-8,10,12-14H,4-5,9,11H2,1-3H3,(H,24,27). The van der Waals surface area contributed by atoms with Gasteiger partial charge in [-0.2, -0.15) is 4.98 Å². The van der Waals surface area contributed by atoms with E-state index >= 15 is 0 Å². The molecule has 0 saturated heterocycles. The molecule has 5 heteroatoms. The molecule has 0 radical (unpaired) electrons. The monoisotopic (exact) mass is 375 g/mol. The summed E-state index contributed by atoms with van der Waals surface area (Å²) in [7, 11) is 0. The molecule has 5 nitrogen and oxygen atoms in total. The maximum Gasteiger partial charge on any atom is 0.258 e. The first-order valence-corrected chi connectivity index (χ1v) is 9.86. The number of benzene rings is 2. The summed E-state index contributed by atoms with van der Waals surface area (Å²) in [6.07, 6.45) is 3.52. The average molecular weight is 375 g/mol. The molecule has 0 spiro atoms. The second-order valence-corrected chi connectivity index (χ2v) is 7.92. The summed E-state index contributed by atoms with van der Waals surface area (Å²) in [5, 5.41) is 7.06. The topological polar surface area (TPSA) is 68.0 Å². The highest BCUT2D eigenvalue weighted by Crippen LogP contribution is 2.29. The fraction of sp³-hybridized carbons (Fsp3) is 0.348. The molecule has 1 amide bonds. The predicted molar refractivity (Wildman–Crippen MR) is 110 cm³/mol. The number of nitrogens with one attached hydrogen (secondary N) is 1. The van der Waals surface area contributed by atoms with Crippen LogP contribution < -0.4 is 5.32 Å². The van der Waals surface area contributed by atoms with E-state index in [1.165, 1.54) is 17.5 Å². The molecule has 1 aliphatic rings. The summed E-state index contributed by atoms with van der Waals surface area (Å²) in [6.45, 7) is 6.63. The molecule has 4 rings (SSSR count). The fourth-order valence-corrected chi connectivity index (χ4v) is 3.53. The van der Waals surface area contributed by atoms with Crippen molar-refractivity contribution in [3.8, 4) is 22.8 Å². The summed E-state index contributed by atoms with van der Waals surface area (Å²) in [5.41, 5.74) is 6.44. The van der Waals surface area contributed by atoms with Crippen LogP contribution in [0.15, 0.2) is 40.9 Å². The van der Waals surface area contributed by atoms with Crippen molar-refractivity contribution in [1.82, 2.24) is 10.1 Å². The number of aryl methyl sites for hydroxylation is 3. The number of fused-ring (bicyclic) bond motifs is 1. The van der Waals surface area contributed by atoms with Gasteiger partial charge in [-0.05, 0) is 79.1 Å². The number of hydrogen-bond donors (Lipinski definition) is 1. The van der Waals surface area contributed by atoms with E-state index in [2.05, 4.69) is 54.4 Å². The first-order chi connectivity index (χ1) is 13.5. The van der Waals surface area contributed by atoms with Gasteiger partial charge in [0.1, 0.15) is 0 Å². The lowest BCUT2D eigenvalue weighted by Gasteiger charge is -2.16. The van der Waals surface area contributed by atoms with Gasteiger partial charge >= 0.3 is 0 Å². The van der Waals surface area contributed by atoms with Crippen LogP contribution in [0.5, 0.6) is 0 Å². The maximum atomic E-state index is 11.5. The van der Waals surface area contributed by atoms with Gasteiger partial charge in [0.25, 0.3) is 5.89 Å². The molecule has 1 aliphatic heterocycles. The Kier molecular flexibility index (Phi) is 4.99. The second kappa shape index (κ2) is 7.58. The lowest BCUT2D eigenvalue weighted by molar-refractivity contribution is -0.116. The van der Waals surface area contributed by atoms with Crippen molar-refractivity contribution in [3.63, 3.8) is 0 Å². The van der Waals surface area contributed by atoms with Gasteiger partial charge in [-0.3, -0.25) is 4.79 Å². The van der Waals surface area contributed by atoms with Crippen LogP contribution in [0.3, 0.4) is 0 Å². The normalized spacial score (nSPS) is 13.5. The van der Waals surface area contributed by atoms with Crippen molar-refractivity contribution in [1.29, 1.82) is 0 Å². The molecule has 144 valence electrons. The van der Waals surface area contributed by atoms with Crippen LogP contribution in [-0.2, 0) is 17.6 Å². The fourth-order valence-electron chi connectivity index (χ4n) is 3.53. The molecule has 2 heterocycles. The molecular formula is C23H25N3O2. The van der Waals surface area contributed by atoms with Crippen LogP contribution >= 0.6 is 0 Å². The van der Waals surface area contributed by atoms with Gasteiger partial charge in [0.05, 0.1) is 0 Å². The van der Waals surface area contributed by atoms with Crippen LogP contribution in [0.2, 0.25) is 0 Å². The minimum Gasteiger partial charge on any atom is -0.334 e. The predicted octanol–water partition coefficient (Wildman–Crippen LogP) is 5.19. The number of carbonyl (C=O) groups is 1. The zero-order valence-corrected chi connectivity index (χ0v) is 16.6. The third-order valence-electron chi connectivity index (χ3n) is 5.27. The lowest BCUT2D eigenvalue weighted by atomic mass is 9.97. The molecule has 3 aromatic rings. The molecule has 1 aromatic heterocycles. The number of rotatable bonds is 5. The SMILES string of the molecule is Cc1cc(-c2nc(-c3ccc4c(c3)CCC(=O)N4)no2)ccc1CCC(C)C. The van der Waals surface area contributed by atoms with E-state index in [9.17, 15) is 4.79 Å². The molecule has 0 saturated carbocycles. The van der Waals surface area contributed by atoms with Gasteiger partial charge in [0.2, 0.25) is 11.7 Å². The highest BCUT2D eigenvalue weighted by Gasteiger charge is 2.17. The number of amides is 1. The highest BCUT2D eigenvalue weighted by atomic mass is 16.5. The zero-order valence-electron chi connectivity index (χ0n) is 16.6. The van der Waals surface area contributed by atoms with Crippen LogP contribution in [0.25, 0.3) is 22.8 Å². The van der Waals surface area contributed by atoms with Gasteiger partial charge < -0.3 is 9.84 Å². The number of carbonyl (C=O) groups excluding carboxylic acids is 1. The molecule has 0 bridgehead atoms. The quantitative estimate of drug-likeness (QED) is 0.667. The van der Waals surface area contributed by atoms with Crippen molar-refractivity contribution in [2.45, 2.75) is 46.5 Å². The first-order valence-electron chi connectivity index (χ1n) is 9.86. The van der Waals surface area contributed by atoms with E-state index in [0.29, 0.717) is 24.1 Å². The molecule has 0 unspecified atom stereocenters. The number of hydrogen-bond acceptors (Lipinski definition) is 4. The summed E-state index contributed by atoms with van der Waals surface area (Å²) in [5.74, 6) is 1.85. The summed E-state index contributed by atoms with van der Waals surface area (Å²) in [4.78, 5) is 16.1. The third-order valence-corrected chi connectivity index (χ3v) is 5.27. The molecular weight excluding hydrogens is 350 g/mol. The molecule has 0 aliphatic carbocycles. The minimum absolute atomic E-state index is 0.0642. The molecule has 28 heavy (non-hydrogen) atoms. The highest BCUT2D eigenvalue weighted by molar-refractivity contribution is 5.94. The van der Waals surface area contributed by atoms with Crippen molar-refractivity contribution >= 4 is 11.6 Å². The van der Waals surface area contributed by atoms with Crippen molar-refractivity contribution in [2.75, 3.05) is 5.32 Å². The van der Waals surface area contributed by atoms with E-state index in [-0.39, 0.29) is 5.91 Å². The molecule has 2 aromatic carbocycles. The van der Waals surface area contributed by atoms with E-state index in [1.807, 2.05) is 18.2 Å². The Morgan fingerprint density at radius 1 is 1.11 bits per heavy atom. The van der Waals surface area contributed by atoms with Crippen molar-refractivity contribution < 1.29 is 9.32 Å². The van der Waals surface area contributed by atoms with Gasteiger partial charge in [0.15, 0.2) is 0 Å². The zero-order chi connectivity index (χ0) is 19.7.